The Morgan fingerprint density at radius 3 is 2.40 bits per heavy atom. The molecule has 0 amide bonds. The average Bonchev–Trinajstić information content (AvgIpc) is 2.85. The van der Waals surface area contributed by atoms with Gasteiger partial charge >= 0.3 is 0 Å². The van der Waals surface area contributed by atoms with Crippen LogP contribution in [-0.4, -0.2) is 12.4 Å². The molecule has 2 aliphatic rings. The normalized spacial score (nSPS) is 27.4. The van der Waals surface area contributed by atoms with E-state index in [1.54, 1.807) is 0 Å². The molecule has 2 heteroatoms. The fourth-order valence-electron chi connectivity index (χ4n) is 3.02. The van der Waals surface area contributed by atoms with Gasteiger partial charge in [0.05, 0.1) is 5.84 Å². The van der Waals surface area contributed by atoms with Crippen LogP contribution >= 0.6 is 0 Å². The average molecular weight is 208 g/mol. The third-order valence-electron chi connectivity index (χ3n) is 4.23. The molecule has 0 heterocycles. The zero-order chi connectivity index (χ0) is 10.7. The minimum absolute atomic E-state index is 0.462. The summed E-state index contributed by atoms with van der Waals surface area (Å²) < 4.78 is 0. The molecule has 0 aromatic rings. The molecule has 0 bridgehead atoms. The van der Waals surface area contributed by atoms with Crippen LogP contribution in [0.3, 0.4) is 0 Å². The third kappa shape index (κ3) is 2.73. The number of hydrogen-bond donors (Lipinski definition) is 1. The van der Waals surface area contributed by atoms with E-state index in [0.29, 0.717) is 11.3 Å². The Bertz CT molecular complexity index is 233. The molecule has 15 heavy (non-hydrogen) atoms. The van der Waals surface area contributed by atoms with Crippen LogP contribution < -0.4 is 5.73 Å². The lowest BCUT2D eigenvalue weighted by Gasteiger charge is -2.21. The van der Waals surface area contributed by atoms with Gasteiger partial charge in [-0.2, -0.15) is 0 Å². The van der Waals surface area contributed by atoms with E-state index in [4.69, 9.17) is 5.73 Å². The maximum absolute atomic E-state index is 6.07. The molecule has 2 nitrogen and oxygen atoms in total. The van der Waals surface area contributed by atoms with Crippen LogP contribution in [0.1, 0.15) is 58.3 Å². The van der Waals surface area contributed by atoms with Gasteiger partial charge in [0, 0.05) is 12.5 Å². The van der Waals surface area contributed by atoms with E-state index in [1.165, 1.54) is 51.4 Å². The molecule has 0 radical (unpaired) electrons. The van der Waals surface area contributed by atoms with E-state index in [0.717, 1.165) is 12.4 Å². The van der Waals surface area contributed by atoms with Crippen molar-refractivity contribution < 1.29 is 0 Å². The minimum atomic E-state index is 0.462. The van der Waals surface area contributed by atoms with E-state index in [2.05, 4.69) is 11.9 Å². The maximum Gasteiger partial charge on any atom is 0.0968 e. The van der Waals surface area contributed by atoms with Crippen LogP contribution in [0.4, 0.5) is 0 Å². The van der Waals surface area contributed by atoms with Gasteiger partial charge in [-0.3, -0.25) is 4.99 Å². The van der Waals surface area contributed by atoms with Crippen LogP contribution in [-0.2, 0) is 0 Å². The summed E-state index contributed by atoms with van der Waals surface area (Å²) in [6.07, 6.45) is 10.7. The molecule has 0 aromatic heterocycles. The third-order valence-corrected chi connectivity index (χ3v) is 4.23. The molecule has 2 saturated carbocycles. The van der Waals surface area contributed by atoms with Gasteiger partial charge in [0.1, 0.15) is 0 Å². The van der Waals surface area contributed by atoms with Crippen molar-refractivity contribution >= 4 is 5.84 Å². The summed E-state index contributed by atoms with van der Waals surface area (Å²) in [4.78, 5) is 4.65. The summed E-state index contributed by atoms with van der Waals surface area (Å²) in [5.74, 6) is 1.55. The first-order chi connectivity index (χ1) is 7.20. The molecule has 0 saturated heterocycles. The smallest absolute Gasteiger partial charge is 0.0968 e. The lowest BCUT2D eigenvalue weighted by molar-refractivity contribution is 0.350. The summed E-state index contributed by atoms with van der Waals surface area (Å²) in [6.45, 7) is 3.33. The van der Waals surface area contributed by atoms with Crippen molar-refractivity contribution in [3.63, 3.8) is 0 Å². The van der Waals surface area contributed by atoms with E-state index < -0.39 is 0 Å². The van der Waals surface area contributed by atoms with Crippen molar-refractivity contribution in [3.05, 3.63) is 0 Å². The number of nitrogens with zero attached hydrogens (tertiary/aromatic N) is 1. The second-order valence-corrected chi connectivity index (χ2v) is 5.74. The molecule has 0 unspecified atom stereocenters. The summed E-state index contributed by atoms with van der Waals surface area (Å²) in [5.41, 5.74) is 6.53. The van der Waals surface area contributed by atoms with Crippen molar-refractivity contribution in [2.45, 2.75) is 58.3 Å². The van der Waals surface area contributed by atoms with E-state index in [9.17, 15) is 0 Å². The summed E-state index contributed by atoms with van der Waals surface area (Å²) in [7, 11) is 0. The zero-order valence-corrected chi connectivity index (χ0v) is 9.97. The molecule has 86 valence electrons. The summed E-state index contributed by atoms with van der Waals surface area (Å²) >= 11 is 0. The van der Waals surface area contributed by atoms with Gasteiger partial charge in [-0.25, -0.2) is 0 Å². The highest BCUT2D eigenvalue weighted by Gasteiger charge is 2.28. The highest BCUT2D eigenvalue weighted by Crippen LogP contribution is 2.37. The number of aliphatic imine (C=N–C) groups is 1. The Morgan fingerprint density at radius 2 is 1.80 bits per heavy atom. The highest BCUT2D eigenvalue weighted by atomic mass is 14.9. The fraction of sp³-hybridized carbons (Fsp3) is 0.923. The van der Waals surface area contributed by atoms with E-state index in [1.807, 2.05) is 0 Å². The lowest BCUT2D eigenvalue weighted by atomic mass is 9.89. The molecule has 0 atom stereocenters. The summed E-state index contributed by atoms with van der Waals surface area (Å²) in [5, 5.41) is 0. The van der Waals surface area contributed by atoms with Gasteiger partial charge in [0.15, 0.2) is 0 Å². The lowest BCUT2D eigenvalue weighted by Crippen LogP contribution is -2.25. The van der Waals surface area contributed by atoms with Gasteiger partial charge in [-0.15, -0.1) is 0 Å². The van der Waals surface area contributed by atoms with Gasteiger partial charge in [0.25, 0.3) is 0 Å². The second-order valence-electron chi connectivity index (χ2n) is 5.74. The van der Waals surface area contributed by atoms with Crippen molar-refractivity contribution in [1.82, 2.24) is 0 Å². The van der Waals surface area contributed by atoms with Gasteiger partial charge in [-0.1, -0.05) is 32.6 Å². The first-order valence-corrected chi connectivity index (χ1v) is 6.49. The second kappa shape index (κ2) is 4.54. The molecular weight excluding hydrogens is 184 g/mol. The van der Waals surface area contributed by atoms with Crippen molar-refractivity contribution in [1.29, 1.82) is 0 Å². The molecule has 2 rings (SSSR count). The van der Waals surface area contributed by atoms with Crippen LogP contribution in [0.15, 0.2) is 4.99 Å². The fourth-order valence-corrected chi connectivity index (χ4v) is 3.02. The SMILES string of the molecule is CC1(CN=C(N)C2CCCC2)CCCC1. The quantitative estimate of drug-likeness (QED) is 0.561. The maximum atomic E-state index is 6.07. The molecule has 2 N–H and O–H groups in total. The Labute approximate surface area is 93.3 Å². The standard InChI is InChI=1S/C13H24N2/c1-13(8-4-5-9-13)10-15-12(14)11-6-2-3-7-11/h11H,2-10H2,1H3,(H2,14,15). The Morgan fingerprint density at radius 1 is 1.20 bits per heavy atom. The van der Waals surface area contributed by atoms with Crippen molar-refractivity contribution in [2.75, 3.05) is 6.54 Å². The predicted octanol–water partition coefficient (Wildman–Crippen LogP) is 3.11. The first-order valence-electron chi connectivity index (χ1n) is 6.49. The molecule has 0 aromatic carbocycles. The van der Waals surface area contributed by atoms with E-state index >= 15 is 0 Å². The van der Waals surface area contributed by atoms with Crippen LogP contribution in [0.2, 0.25) is 0 Å². The molecule has 2 aliphatic carbocycles. The number of nitrogens with two attached hydrogens (primary N) is 1. The summed E-state index contributed by atoms with van der Waals surface area (Å²) in [6, 6.07) is 0. The number of rotatable bonds is 3. The first kappa shape index (κ1) is 11.0. The van der Waals surface area contributed by atoms with Crippen LogP contribution in [0.5, 0.6) is 0 Å². The molecule has 0 spiro atoms. The van der Waals surface area contributed by atoms with Gasteiger partial charge in [-0.05, 0) is 31.1 Å². The number of amidine groups is 1. The number of hydrogen-bond acceptors (Lipinski definition) is 1. The topological polar surface area (TPSA) is 38.4 Å². The van der Waals surface area contributed by atoms with Crippen molar-refractivity contribution in [2.24, 2.45) is 22.1 Å². The minimum Gasteiger partial charge on any atom is -0.387 e. The predicted molar refractivity (Wildman–Crippen MR) is 65.0 cm³/mol. The molecule has 0 aliphatic heterocycles. The molecule has 2 fully saturated rings. The Kier molecular flexibility index (Phi) is 3.32. The van der Waals surface area contributed by atoms with Gasteiger partial charge in [0.2, 0.25) is 0 Å². The zero-order valence-electron chi connectivity index (χ0n) is 9.97. The van der Waals surface area contributed by atoms with Crippen LogP contribution in [0.25, 0.3) is 0 Å². The van der Waals surface area contributed by atoms with Gasteiger partial charge < -0.3 is 5.73 Å². The van der Waals surface area contributed by atoms with E-state index in [-0.39, 0.29) is 0 Å². The highest BCUT2D eigenvalue weighted by molar-refractivity contribution is 5.83. The monoisotopic (exact) mass is 208 g/mol. The Balaban J connectivity index is 1.86. The largest absolute Gasteiger partial charge is 0.387 e. The molecular formula is C13H24N2. The van der Waals surface area contributed by atoms with Crippen LogP contribution in [0, 0.1) is 11.3 Å². The van der Waals surface area contributed by atoms with Crippen molar-refractivity contribution in [3.8, 4) is 0 Å². The Hall–Kier alpha value is -0.530.